The highest BCUT2D eigenvalue weighted by Gasteiger charge is 2.34. The number of rotatable bonds is 9. The van der Waals surface area contributed by atoms with Crippen LogP contribution in [-0.4, -0.2) is 29.1 Å². The van der Waals surface area contributed by atoms with E-state index in [9.17, 15) is 14.4 Å². The molecular formula is C23H34O6. The number of esters is 3. The molecule has 1 rings (SSSR count). The zero-order chi connectivity index (χ0) is 22.1. The van der Waals surface area contributed by atoms with E-state index in [0.29, 0.717) is 12.8 Å². The molecule has 29 heavy (non-hydrogen) atoms. The van der Waals surface area contributed by atoms with Gasteiger partial charge in [-0.1, -0.05) is 36.8 Å². The first kappa shape index (κ1) is 24.7. The third kappa shape index (κ3) is 11.3. The van der Waals surface area contributed by atoms with Crippen LogP contribution in [0.3, 0.4) is 0 Å². The van der Waals surface area contributed by atoms with Crippen molar-refractivity contribution >= 4 is 17.9 Å². The van der Waals surface area contributed by atoms with Crippen molar-refractivity contribution in [2.45, 2.75) is 85.0 Å². The van der Waals surface area contributed by atoms with Gasteiger partial charge in [-0.3, -0.25) is 14.4 Å². The lowest BCUT2D eigenvalue weighted by molar-refractivity contribution is -0.174. The van der Waals surface area contributed by atoms with Crippen LogP contribution in [0.25, 0.3) is 0 Å². The molecular weight excluding hydrogens is 372 g/mol. The second-order valence-electron chi connectivity index (χ2n) is 9.01. The van der Waals surface area contributed by atoms with E-state index in [0.717, 1.165) is 5.56 Å². The lowest BCUT2D eigenvalue weighted by Crippen LogP contribution is -2.36. The van der Waals surface area contributed by atoms with Crippen LogP contribution in [-0.2, 0) is 35.2 Å². The highest BCUT2D eigenvalue weighted by Crippen LogP contribution is 2.21. The van der Waals surface area contributed by atoms with Crippen LogP contribution in [0.5, 0.6) is 0 Å². The highest BCUT2D eigenvalue weighted by atomic mass is 16.6. The van der Waals surface area contributed by atoms with E-state index in [4.69, 9.17) is 14.2 Å². The van der Waals surface area contributed by atoms with Crippen molar-refractivity contribution in [2.24, 2.45) is 5.92 Å². The van der Waals surface area contributed by atoms with Crippen molar-refractivity contribution in [1.82, 2.24) is 0 Å². The number of ether oxygens (including phenoxy) is 3. The van der Waals surface area contributed by atoms with E-state index in [2.05, 4.69) is 0 Å². The Morgan fingerprint density at radius 1 is 0.828 bits per heavy atom. The third-order valence-electron chi connectivity index (χ3n) is 3.75. The highest BCUT2D eigenvalue weighted by molar-refractivity contribution is 5.95. The van der Waals surface area contributed by atoms with Crippen LogP contribution in [0.4, 0.5) is 0 Å². The number of carbonyl (C=O) groups excluding carboxylic acids is 3. The lowest BCUT2D eigenvalue weighted by atomic mass is 10.0. The molecule has 0 atom stereocenters. The summed E-state index contributed by atoms with van der Waals surface area (Å²) in [7, 11) is 0. The monoisotopic (exact) mass is 406 g/mol. The Bertz CT molecular complexity index is 639. The smallest absolute Gasteiger partial charge is 0.320 e. The van der Waals surface area contributed by atoms with Gasteiger partial charge in [-0.05, 0) is 59.9 Å². The van der Waals surface area contributed by atoms with Crippen molar-refractivity contribution in [2.75, 3.05) is 0 Å². The van der Waals surface area contributed by atoms with Gasteiger partial charge in [-0.2, -0.15) is 0 Å². The van der Waals surface area contributed by atoms with Gasteiger partial charge in [-0.25, -0.2) is 0 Å². The van der Waals surface area contributed by atoms with Gasteiger partial charge < -0.3 is 14.2 Å². The second kappa shape index (κ2) is 11.0. The Kier molecular flexibility index (Phi) is 9.34. The zero-order valence-electron chi connectivity index (χ0n) is 18.4. The maximum atomic E-state index is 12.5. The molecule has 6 nitrogen and oxygen atoms in total. The average Bonchev–Trinajstić information content (AvgIpc) is 2.57. The average molecular weight is 407 g/mol. The molecule has 0 saturated heterocycles. The Hall–Kier alpha value is -2.37. The molecule has 6 heteroatoms. The lowest BCUT2D eigenvalue weighted by Gasteiger charge is -2.26. The number of unbranched alkanes of at least 4 members (excludes halogenated alkanes) is 1. The molecule has 0 aliphatic heterocycles. The zero-order valence-corrected chi connectivity index (χ0v) is 18.4. The minimum Gasteiger partial charge on any atom is -0.461 e. The molecule has 0 radical (unpaired) electrons. The molecule has 0 aliphatic rings. The molecule has 0 saturated carbocycles. The fraction of sp³-hybridized carbons (Fsp3) is 0.609. The van der Waals surface area contributed by atoms with Crippen LogP contribution in [0.15, 0.2) is 30.3 Å². The van der Waals surface area contributed by atoms with Crippen LogP contribution in [0.1, 0.15) is 72.8 Å². The van der Waals surface area contributed by atoms with Gasteiger partial charge in [0.25, 0.3) is 0 Å². The molecule has 0 amide bonds. The molecule has 0 aliphatic carbocycles. The predicted octanol–water partition coefficient (Wildman–Crippen LogP) is 4.59. The number of hydrogen-bond donors (Lipinski definition) is 0. The Morgan fingerprint density at radius 3 is 1.83 bits per heavy atom. The molecule has 0 unspecified atom stereocenters. The first-order valence-corrected chi connectivity index (χ1v) is 10.0. The quantitative estimate of drug-likeness (QED) is 0.258. The maximum absolute atomic E-state index is 12.5. The molecule has 0 aromatic heterocycles. The van der Waals surface area contributed by atoms with E-state index >= 15 is 0 Å². The predicted molar refractivity (Wildman–Crippen MR) is 110 cm³/mol. The van der Waals surface area contributed by atoms with E-state index in [1.54, 1.807) is 41.5 Å². The van der Waals surface area contributed by atoms with Gasteiger partial charge >= 0.3 is 17.9 Å². The molecule has 0 heterocycles. The van der Waals surface area contributed by atoms with Gasteiger partial charge in [0.1, 0.15) is 17.8 Å². The van der Waals surface area contributed by atoms with Crippen molar-refractivity contribution in [3.63, 3.8) is 0 Å². The van der Waals surface area contributed by atoms with Gasteiger partial charge in [0.15, 0.2) is 5.92 Å². The molecule has 0 spiro atoms. The standard InChI is InChI=1S/C23H34O6/c1-22(2,3)28-20(25)18(21(26)29-23(4,5)6)14-10-11-15-19(24)27-16-17-12-8-7-9-13-17/h7-9,12-13,18H,10-11,14-16H2,1-6H3. The van der Waals surface area contributed by atoms with Gasteiger partial charge in [0.2, 0.25) is 0 Å². The molecule has 0 fully saturated rings. The number of carbonyl (C=O) groups is 3. The van der Waals surface area contributed by atoms with Gasteiger partial charge in [0.05, 0.1) is 0 Å². The molecule has 1 aromatic rings. The third-order valence-corrected chi connectivity index (χ3v) is 3.75. The van der Waals surface area contributed by atoms with E-state index in [1.165, 1.54) is 0 Å². The summed E-state index contributed by atoms with van der Waals surface area (Å²) in [5, 5.41) is 0. The van der Waals surface area contributed by atoms with Crippen molar-refractivity contribution in [1.29, 1.82) is 0 Å². The number of benzene rings is 1. The Labute approximate surface area is 173 Å². The second-order valence-corrected chi connectivity index (χ2v) is 9.01. The topological polar surface area (TPSA) is 78.9 Å². The maximum Gasteiger partial charge on any atom is 0.320 e. The van der Waals surface area contributed by atoms with E-state index < -0.39 is 29.1 Å². The largest absolute Gasteiger partial charge is 0.461 e. The van der Waals surface area contributed by atoms with Gasteiger partial charge in [0, 0.05) is 6.42 Å². The first-order chi connectivity index (χ1) is 13.4. The van der Waals surface area contributed by atoms with Crippen LogP contribution in [0, 0.1) is 5.92 Å². The van der Waals surface area contributed by atoms with E-state index in [-0.39, 0.29) is 25.4 Å². The molecule has 1 aromatic carbocycles. The summed E-state index contributed by atoms with van der Waals surface area (Å²) < 4.78 is 16.0. The SMILES string of the molecule is CC(C)(C)OC(=O)C(CCCCC(=O)OCc1ccccc1)C(=O)OC(C)(C)C. The van der Waals surface area contributed by atoms with Crippen molar-refractivity contribution in [3.8, 4) is 0 Å². The molecule has 0 bridgehead atoms. The summed E-state index contributed by atoms with van der Waals surface area (Å²) in [6.07, 6.45) is 1.50. The summed E-state index contributed by atoms with van der Waals surface area (Å²) in [6, 6.07) is 9.45. The van der Waals surface area contributed by atoms with E-state index in [1.807, 2.05) is 30.3 Å². The molecule has 162 valence electrons. The van der Waals surface area contributed by atoms with Crippen molar-refractivity contribution in [3.05, 3.63) is 35.9 Å². The van der Waals surface area contributed by atoms with Crippen LogP contribution >= 0.6 is 0 Å². The van der Waals surface area contributed by atoms with Crippen molar-refractivity contribution < 1.29 is 28.6 Å². The summed E-state index contributed by atoms with van der Waals surface area (Å²) in [5.74, 6) is -2.51. The fourth-order valence-corrected chi connectivity index (χ4v) is 2.51. The van der Waals surface area contributed by atoms with Crippen LogP contribution < -0.4 is 0 Å². The summed E-state index contributed by atoms with van der Waals surface area (Å²) in [4.78, 5) is 36.8. The number of hydrogen-bond acceptors (Lipinski definition) is 6. The van der Waals surface area contributed by atoms with Crippen LogP contribution in [0.2, 0.25) is 0 Å². The fourth-order valence-electron chi connectivity index (χ4n) is 2.51. The van der Waals surface area contributed by atoms with Gasteiger partial charge in [-0.15, -0.1) is 0 Å². The Balaban J connectivity index is 2.50. The minimum absolute atomic E-state index is 0.224. The molecule has 0 N–H and O–H groups in total. The Morgan fingerprint density at radius 2 is 1.34 bits per heavy atom. The summed E-state index contributed by atoms with van der Waals surface area (Å²) in [5.41, 5.74) is -0.465. The first-order valence-electron chi connectivity index (χ1n) is 10.0. The summed E-state index contributed by atoms with van der Waals surface area (Å²) >= 11 is 0. The minimum atomic E-state index is -1.01. The summed E-state index contributed by atoms with van der Waals surface area (Å²) in [6.45, 7) is 10.7. The normalized spacial score (nSPS) is 11.8.